The molecule has 1 aromatic heterocycles. The number of carbonyl (C=O) groups excluding carboxylic acids is 1. The third kappa shape index (κ3) is 3.49. The van der Waals surface area contributed by atoms with E-state index in [0.29, 0.717) is 12.2 Å². The summed E-state index contributed by atoms with van der Waals surface area (Å²) in [6.45, 7) is 2.00. The highest BCUT2D eigenvalue weighted by molar-refractivity contribution is 6.09. The summed E-state index contributed by atoms with van der Waals surface area (Å²) in [5.41, 5.74) is 3.76. The van der Waals surface area contributed by atoms with Gasteiger partial charge in [-0.25, -0.2) is 9.37 Å². The Morgan fingerprint density at radius 1 is 0.926 bits per heavy atom. The highest BCUT2D eigenvalue weighted by atomic mass is 19.1. The molecule has 0 saturated carbocycles. The first kappa shape index (κ1) is 17.1. The Balaban J connectivity index is 1.66. The number of halogens is 1. The molecule has 1 amide bonds. The van der Waals surface area contributed by atoms with Crippen molar-refractivity contribution in [1.82, 2.24) is 4.98 Å². The molecule has 4 nitrogen and oxygen atoms in total. The molecule has 1 aliphatic heterocycles. The number of pyridine rings is 1. The normalized spacial score (nSPS) is 17.0. The summed E-state index contributed by atoms with van der Waals surface area (Å²) >= 11 is 0. The first-order valence-electron chi connectivity index (χ1n) is 8.80. The standard InChI is InChI=1S/C22H18FN3O/c1-15-14-21(27)26(20-4-2-3-13-24-20)25-22(15)18-7-5-16(6-8-18)17-9-11-19(23)12-10-17/h2-13,15H,14H2,1H3. The van der Waals surface area contributed by atoms with Crippen LogP contribution in [0.1, 0.15) is 18.9 Å². The first-order chi connectivity index (χ1) is 13.1. The van der Waals surface area contributed by atoms with Crippen molar-refractivity contribution in [3.05, 3.63) is 84.3 Å². The van der Waals surface area contributed by atoms with Crippen LogP contribution in [0.4, 0.5) is 10.2 Å². The maximum absolute atomic E-state index is 13.1. The van der Waals surface area contributed by atoms with Gasteiger partial charge in [0.1, 0.15) is 5.82 Å². The van der Waals surface area contributed by atoms with E-state index in [9.17, 15) is 9.18 Å². The number of nitrogens with zero attached hydrogens (tertiary/aromatic N) is 3. The predicted octanol–water partition coefficient (Wildman–Crippen LogP) is 4.66. The maximum atomic E-state index is 13.1. The van der Waals surface area contributed by atoms with Crippen LogP contribution in [-0.4, -0.2) is 16.6 Å². The zero-order valence-electron chi connectivity index (χ0n) is 14.8. The second-order valence-electron chi connectivity index (χ2n) is 6.57. The average Bonchev–Trinajstić information content (AvgIpc) is 2.70. The molecule has 0 bridgehead atoms. The van der Waals surface area contributed by atoms with Crippen molar-refractivity contribution in [3.8, 4) is 11.1 Å². The molecule has 0 spiro atoms. The maximum Gasteiger partial charge on any atom is 0.249 e. The van der Waals surface area contributed by atoms with Gasteiger partial charge >= 0.3 is 0 Å². The lowest BCUT2D eigenvalue weighted by molar-refractivity contribution is -0.119. The Kier molecular flexibility index (Phi) is 4.50. The SMILES string of the molecule is CC1CC(=O)N(c2ccccn2)N=C1c1ccc(-c2ccc(F)cc2)cc1. The Morgan fingerprint density at radius 3 is 2.19 bits per heavy atom. The van der Waals surface area contributed by atoms with Crippen LogP contribution in [0.3, 0.4) is 0 Å². The van der Waals surface area contributed by atoms with E-state index in [0.717, 1.165) is 22.4 Å². The van der Waals surface area contributed by atoms with E-state index in [1.807, 2.05) is 37.3 Å². The lowest BCUT2D eigenvalue weighted by Gasteiger charge is -2.27. The number of hydrazone groups is 1. The van der Waals surface area contributed by atoms with Crippen LogP contribution in [0.2, 0.25) is 0 Å². The van der Waals surface area contributed by atoms with Gasteiger partial charge in [0, 0.05) is 18.5 Å². The van der Waals surface area contributed by atoms with Crippen molar-refractivity contribution in [2.24, 2.45) is 11.0 Å². The van der Waals surface area contributed by atoms with Crippen LogP contribution in [0, 0.1) is 11.7 Å². The lowest BCUT2D eigenvalue weighted by atomic mass is 9.92. The van der Waals surface area contributed by atoms with Gasteiger partial charge in [-0.15, -0.1) is 0 Å². The average molecular weight is 359 g/mol. The smallest absolute Gasteiger partial charge is 0.249 e. The Labute approximate surface area is 157 Å². The molecule has 0 fully saturated rings. The van der Waals surface area contributed by atoms with E-state index in [2.05, 4.69) is 10.1 Å². The van der Waals surface area contributed by atoms with Gasteiger partial charge in [-0.1, -0.05) is 49.4 Å². The van der Waals surface area contributed by atoms with Gasteiger partial charge < -0.3 is 0 Å². The molecule has 4 rings (SSSR count). The van der Waals surface area contributed by atoms with E-state index in [1.165, 1.54) is 17.1 Å². The highest BCUT2D eigenvalue weighted by Gasteiger charge is 2.28. The molecule has 1 atom stereocenters. The number of benzene rings is 2. The molecular formula is C22H18FN3O. The molecule has 5 heteroatoms. The van der Waals surface area contributed by atoms with Crippen molar-refractivity contribution in [1.29, 1.82) is 0 Å². The van der Waals surface area contributed by atoms with Crippen molar-refractivity contribution in [2.45, 2.75) is 13.3 Å². The number of rotatable bonds is 3. The molecule has 2 aromatic carbocycles. The van der Waals surface area contributed by atoms with E-state index in [-0.39, 0.29) is 17.6 Å². The van der Waals surface area contributed by atoms with Gasteiger partial charge in [0.25, 0.3) is 0 Å². The molecule has 0 N–H and O–H groups in total. The minimum atomic E-state index is -0.250. The van der Waals surface area contributed by atoms with Crippen LogP contribution in [-0.2, 0) is 4.79 Å². The number of amides is 1. The fourth-order valence-corrected chi connectivity index (χ4v) is 3.18. The number of hydrogen-bond donors (Lipinski definition) is 0. The van der Waals surface area contributed by atoms with Crippen LogP contribution < -0.4 is 5.01 Å². The van der Waals surface area contributed by atoms with Crippen LogP contribution in [0.5, 0.6) is 0 Å². The highest BCUT2D eigenvalue weighted by Crippen LogP contribution is 2.26. The second kappa shape index (κ2) is 7.11. The number of aromatic nitrogens is 1. The summed E-state index contributed by atoms with van der Waals surface area (Å²) in [5, 5.41) is 5.96. The molecule has 0 radical (unpaired) electrons. The van der Waals surface area contributed by atoms with Crippen LogP contribution in [0.15, 0.2) is 78.0 Å². The summed E-state index contributed by atoms with van der Waals surface area (Å²) in [5.74, 6) is 0.233. The molecule has 1 aliphatic rings. The third-order valence-corrected chi connectivity index (χ3v) is 4.62. The third-order valence-electron chi connectivity index (χ3n) is 4.62. The molecule has 27 heavy (non-hydrogen) atoms. The molecule has 3 aromatic rings. The summed E-state index contributed by atoms with van der Waals surface area (Å²) in [7, 11) is 0. The molecular weight excluding hydrogens is 341 g/mol. The van der Waals surface area contributed by atoms with Gasteiger partial charge in [-0.3, -0.25) is 4.79 Å². The fourth-order valence-electron chi connectivity index (χ4n) is 3.18. The first-order valence-corrected chi connectivity index (χ1v) is 8.80. The van der Waals surface area contributed by atoms with Crippen molar-refractivity contribution in [3.63, 3.8) is 0 Å². The van der Waals surface area contributed by atoms with E-state index in [1.54, 1.807) is 30.5 Å². The molecule has 134 valence electrons. The van der Waals surface area contributed by atoms with Crippen molar-refractivity contribution in [2.75, 3.05) is 5.01 Å². The zero-order chi connectivity index (χ0) is 18.8. The largest absolute Gasteiger partial charge is 0.272 e. The summed E-state index contributed by atoms with van der Waals surface area (Å²) < 4.78 is 13.1. The minimum absolute atomic E-state index is 0.0223. The Bertz CT molecular complexity index is 982. The zero-order valence-corrected chi connectivity index (χ0v) is 14.8. The fraction of sp³-hybridized carbons (Fsp3) is 0.136. The van der Waals surface area contributed by atoms with Crippen molar-refractivity contribution >= 4 is 17.4 Å². The van der Waals surface area contributed by atoms with E-state index < -0.39 is 0 Å². The van der Waals surface area contributed by atoms with Gasteiger partial charge in [-0.2, -0.15) is 10.1 Å². The van der Waals surface area contributed by atoms with Gasteiger partial charge in [0.2, 0.25) is 5.91 Å². The molecule has 2 heterocycles. The van der Waals surface area contributed by atoms with Gasteiger partial charge in [0.15, 0.2) is 5.82 Å². The van der Waals surface area contributed by atoms with Gasteiger partial charge in [0.05, 0.1) is 5.71 Å². The number of anilines is 1. The molecule has 0 aliphatic carbocycles. The Morgan fingerprint density at radius 2 is 1.56 bits per heavy atom. The summed E-state index contributed by atoms with van der Waals surface area (Å²) in [4.78, 5) is 16.6. The Hall–Kier alpha value is -3.34. The van der Waals surface area contributed by atoms with Crippen LogP contribution >= 0.6 is 0 Å². The lowest BCUT2D eigenvalue weighted by Crippen LogP contribution is -2.36. The molecule has 1 unspecified atom stereocenters. The summed E-state index contributed by atoms with van der Waals surface area (Å²) in [6, 6.07) is 19.8. The monoisotopic (exact) mass is 359 g/mol. The summed E-state index contributed by atoms with van der Waals surface area (Å²) in [6.07, 6.45) is 2.03. The number of carbonyl (C=O) groups is 1. The topological polar surface area (TPSA) is 45.6 Å². The molecule has 0 saturated heterocycles. The second-order valence-corrected chi connectivity index (χ2v) is 6.57. The predicted molar refractivity (Wildman–Crippen MR) is 104 cm³/mol. The van der Waals surface area contributed by atoms with E-state index in [4.69, 9.17) is 0 Å². The van der Waals surface area contributed by atoms with E-state index >= 15 is 0 Å². The van der Waals surface area contributed by atoms with Crippen LogP contribution in [0.25, 0.3) is 11.1 Å². The number of hydrogen-bond acceptors (Lipinski definition) is 3. The quantitative estimate of drug-likeness (QED) is 0.682. The van der Waals surface area contributed by atoms with Gasteiger partial charge in [-0.05, 0) is 41.0 Å². The van der Waals surface area contributed by atoms with Crippen molar-refractivity contribution < 1.29 is 9.18 Å². The minimum Gasteiger partial charge on any atom is -0.272 e.